The predicted octanol–water partition coefficient (Wildman–Crippen LogP) is 2.59. The first kappa shape index (κ1) is 19.1. The molecule has 0 atom stereocenters. The number of hydrogen-bond donors (Lipinski definition) is 2. The molecular formula is C19H23ClN2O3. The Labute approximate surface area is 154 Å². The third kappa shape index (κ3) is 4.65. The number of nitrogens with one attached hydrogen (secondary N) is 2. The summed E-state index contributed by atoms with van der Waals surface area (Å²) in [6.45, 7) is 2.38. The lowest BCUT2D eigenvalue weighted by atomic mass is 10.1. The lowest BCUT2D eigenvalue weighted by molar-refractivity contribution is -0.120. The Balaban J connectivity index is 0.00000225. The van der Waals surface area contributed by atoms with Crippen LogP contribution in [0.25, 0.3) is 0 Å². The lowest BCUT2D eigenvalue weighted by Gasteiger charge is -2.10. The van der Waals surface area contributed by atoms with Crippen LogP contribution in [0.4, 0.5) is 0 Å². The van der Waals surface area contributed by atoms with Gasteiger partial charge in [-0.2, -0.15) is 0 Å². The fourth-order valence-electron chi connectivity index (χ4n) is 2.90. The van der Waals surface area contributed by atoms with Crippen LogP contribution < -0.4 is 20.1 Å². The first-order valence-electron chi connectivity index (χ1n) is 7.98. The highest BCUT2D eigenvalue weighted by molar-refractivity contribution is 5.85. The number of carbonyl (C=O) groups is 1. The zero-order valence-electron chi connectivity index (χ0n) is 14.4. The minimum atomic E-state index is -0.0131. The minimum Gasteiger partial charge on any atom is -0.493 e. The van der Waals surface area contributed by atoms with Crippen molar-refractivity contribution in [3.63, 3.8) is 0 Å². The van der Waals surface area contributed by atoms with Crippen LogP contribution >= 0.6 is 12.4 Å². The summed E-state index contributed by atoms with van der Waals surface area (Å²) in [5.74, 6) is 1.28. The first-order valence-corrected chi connectivity index (χ1v) is 7.98. The van der Waals surface area contributed by atoms with E-state index >= 15 is 0 Å². The Hall–Kier alpha value is -2.24. The van der Waals surface area contributed by atoms with Crippen molar-refractivity contribution in [2.75, 3.05) is 14.2 Å². The molecule has 1 aliphatic rings. The van der Waals surface area contributed by atoms with Gasteiger partial charge in [0.15, 0.2) is 11.5 Å². The largest absolute Gasteiger partial charge is 0.493 e. The molecule has 0 fully saturated rings. The Morgan fingerprint density at radius 1 is 1.00 bits per heavy atom. The van der Waals surface area contributed by atoms with E-state index in [1.54, 1.807) is 14.2 Å². The number of carbonyl (C=O) groups excluding carboxylic acids is 1. The number of rotatable bonds is 6. The Morgan fingerprint density at radius 2 is 1.72 bits per heavy atom. The summed E-state index contributed by atoms with van der Waals surface area (Å²) in [6.07, 6.45) is 0.312. The highest BCUT2D eigenvalue weighted by Gasteiger charge is 2.11. The molecule has 0 saturated heterocycles. The molecule has 0 aliphatic carbocycles. The topological polar surface area (TPSA) is 59.6 Å². The standard InChI is InChI=1S/C19H22N2O3.ClH/c1-23-17-6-4-13(8-18(17)24-2)9-19(22)21-10-14-3-5-15-11-20-12-16(15)7-14;/h3-8,20H,9-12H2,1-2H3,(H,21,22);1H. The molecule has 0 unspecified atom stereocenters. The summed E-state index contributed by atoms with van der Waals surface area (Å²) in [4.78, 5) is 12.2. The van der Waals surface area contributed by atoms with Crippen LogP contribution in [0.3, 0.4) is 0 Å². The van der Waals surface area contributed by atoms with Crippen molar-refractivity contribution in [2.45, 2.75) is 26.1 Å². The molecule has 0 radical (unpaired) electrons. The molecule has 2 N–H and O–H groups in total. The van der Waals surface area contributed by atoms with Gasteiger partial charge < -0.3 is 20.1 Å². The van der Waals surface area contributed by atoms with Crippen molar-refractivity contribution in [1.82, 2.24) is 10.6 Å². The molecule has 2 aromatic carbocycles. The first-order chi connectivity index (χ1) is 11.7. The maximum Gasteiger partial charge on any atom is 0.224 e. The second-order valence-corrected chi connectivity index (χ2v) is 5.85. The van der Waals surface area contributed by atoms with Crippen LogP contribution in [0.1, 0.15) is 22.3 Å². The summed E-state index contributed by atoms with van der Waals surface area (Å²) >= 11 is 0. The molecule has 2 aromatic rings. The second-order valence-electron chi connectivity index (χ2n) is 5.85. The highest BCUT2D eigenvalue weighted by Crippen LogP contribution is 2.27. The van der Waals surface area contributed by atoms with Gasteiger partial charge >= 0.3 is 0 Å². The lowest BCUT2D eigenvalue weighted by Crippen LogP contribution is -2.24. The van der Waals surface area contributed by atoms with Gasteiger partial charge in [-0.15, -0.1) is 12.4 Å². The maximum atomic E-state index is 12.2. The van der Waals surface area contributed by atoms with Gasteiger partial charge in [-0.3, -0.25) is 4.79 Å². The zero-order valence-corrected chi connectivity index (χ0v) is 15.2. The molecule has 6 heteroatoms. The number of amides is 1. The molecule has 3 rings (SSSR count). The van der Waals surface area contributed by atoms with E-state index in [0.29, 0.717) is 24.5 Å². The molecule has 1 heterocycles. The van der Waals surface area contributed by atoms with Crippen LogP contribution in [-0.2, 0) is 30.8 Å². The minimum absolute atomic E-state index is 0. The van der Waals surface area contributed by atoms with Gasteiger partial charge in [-0.25, -0.2) is 0 Å². The molecular weight excluding hydrogens is 340 g/mol. The van der Waals surface area contributed by atoms with Crippen molar-refractivity contribution in [2.24, 2.45) is 0 Å². The quantitative estimate of drug-likeness (QED) is 0.829. The zero-order chi connectivity index (χ0) is 16.9. The number of halogens is 1. The predicted molar refractivity (Wildman–Crippen MR) is 99.3 cm³/mol. The van der Waals surface area contributed by atoms with Gasteiger partial charge in [0.1, 0.15) is 0 Å². The molecule has 0 bridgehead atoms. The smallest absolute Gasteiger partial charge is 0.224 e. The van der Waals surface area contributed by atoms with Crippen molar-refractivity contribution < 1.29 is 14.3 Å². The molecule has 1 aliphatic heterocycles. The van der Waals surface area contributed by atoms with Crippen LogP contribution in [-0.4, -0.2) is 20.1 Å². The number of hydrogen-bond acceptors (Lipinski definition) is 4. The van der Waals surface area contributed by atoms with Gasteiger partial charge in [-0.1, -0.05) is 24.3 Å². The summed E-state index contributed by atoms with van der Waals surface area (Å²) in [5.41, 5.74) is 4.68. The summed E-state index contributed by atoms with van der Waals surface area (Å²) in [5, 5.41) is 6.30. The van der Waals surface area contributed by atoms with E-state index in [1.165, 1.54) is 11.1 Å². The number of benzene rings is 2. The number of methoxy groups -OCH3 is 2. The van der Waals surface area contributed by atoms with Gasteiger partial charge in [0.25, 0.3) is 0 Å². The molecule has 5 nitrogen and oxygen atoms in total. The van der Waals surface area contributed by atoms with E-state index in [9.17, 15) is 4.79 Å². The average Bonchev–Trinajstić information content (AvgIpc) is 3.07. The summed E-state index contributed by atoms with van der Waals surface area (Å²) < 4.78 is 10.5. The SMILES string of the molecule is COc1ccc(CC(=O)NCc2ccc3c(c2)CNC3)cc1OC.Cl. The fourth-order valence-corrected chi connectivity index (χ4v) is 2.90. The van der Waals surface area contributed by atoms with E-state index in [4.69, 9.17) is 9.47 Å². The summed E-state index contributed by atoms with van der Waals surface area (Å²) in [7, 11) is 3.18. The molecule has 134 valence electrons. The second kappa shape index (κ2) is 8.74. The van der Waals surface area contributed by atoms with Crippen LogP contribution in [0.2, 0.25) is 0 Å². The van der Waals surface area contributed by atoms with Crippen molar-refractivity contribution in [3.8, 4) is 11.5 Å². The van der Waals surface area contributed by atoms with E-state index in [-0.39, 0.29) is 18.3 Å². The van der Waals surface area contributed by atoms with Crippen LogP contribution in [0.15, 0.2) is 36.4 Å². The van der Waals surface area contributed by atoms with E-state index < -0.39 is 0 Å². The Kier molecular flexibility index (Phi) is 6.67. The van der Waals surface area contributed by atoms with Crippen molar-refractivity contribution in [3.05, 3.63) is 58.7 Å². The molecule has 25 heavy (non-hydrogen) atoms. The third-order valence-corrected chi connectivity index (χ3v) is 4.20. The van der Waals surface area contributed by atoms with Crippen molar-refractivity contribution >= 4 is 18.3 Å². The molecule has 0 saturated carbocycles. The molecule has 0 spiro atoms. The van der Waals surface area contributed by atoms with E-state index in [1.807, 2.05) is 18.2 Å². The fraction of sp³-hybridized carbons (Fsp3) is 0.316. The Morgan fingerprint density at radius 3 is 2.48 bits per heavy atom. The maximum absolute atomic E-state index is 12.2. The normalized spacial score (nSPS) is 12.1. The van der Waals surface area contributed by atoms with E-state index in [0.717, 1.165) is 24.2 Å². The van der Waals surface area contributed by atoms with Crippen molar-refractivity contribution in [1.29, 1.82) is 0 Å². The third-order valence-electron chi connectivity index (χ3n) is 4.20. The molecule has 1 amide bonds. The van der Waals surface area contributed by atoms with Gasteiger partial charge in [0, 0.05) is 19.6 Å². The number of ether oxygens (including phenoxy) is 2. The molecule has 0 aromatic heterocycles. The van der Waals surface area contributed by atoms with Crippen LogP contribution in [0.5, 0.6) is 11.5 Å². The highest BCUT2D eigenvalue weighted by atomic mass is 35.5. The van der Waals surface area contributed by atoms with Gasteiger partial charge in [0.05, 0.1) is 20.6 Å². The monoisotopic (exact) mass is 362 g/mol. The van der Waals surface area contributed by atoms with Gasteiger partial charge in [0.2, 0.25) is 5.91 Å². The van der Waals surface area contributed by atoms with E-state index in [2.05, 4.69) is 28.8 Å². The Bertz CT molecular complexity index is 749. The van der Waals surface area contributed by atoms with Crippen LogP contribution in [0, 0.1) is 0 Å². The van der Waals surface area contributed by atoms with Gasteiger partial charge in [-0.05, 0) is 34.4 Å². The number of fused-ring (bicyclic) bond motifs is 1. The summed E-state index contributed by atoms with van der Waals surface area (Å²) in [6, 6.07) is 11.9. The average molecular weight is 363 g/mol.